The van der Waals surface area contributed by atoms with Crippen molar-refractivity contribution in [1.29, 1.82) is 0 Å². The van der Waals surface area contributed by atoms with E-state index in [0.717, 1.165) is 16.8 Å². The van der Waals surface area contributed by atoms with Gasteiger partial charge in [0.25, 0.3) is 0 Å². The maximum absolute atomic E-state index is 11.7. The molecule has 4 rings (SSSR count). The van der Waals surface area contributed by atoms with E-state index in [1.807, 2.05) is 37.3 Å². The average molecular weight is 457 g/mol. The highest BCUT2D eigenvalue weighted by atomic mass is 32.1. The molecule has 8 nitrogen and oxygen atoms in total. The Morgan fingerprint density at radius 1 is 1.25 bits per heavy atom. The molecule has 1 fully saturated rings. The van der Waals surface area contributed by atoms with Crippen molar-refractivity contribution < 1.29 is 19.0 Å². The molecule has 1 unspecified atom stereocenters. The van der Waals surface area contributed by atoms with E-state index in [4.69, 9.17) is 19.2 Å². The summed E-state index contributed by atoms with van der Waals surface area (Å²) in [4.78, 5) is 27.0. The highest BCUT2D eigenvalue weighted by Crippen LogP contribution is 2.28. The first-order chi connectivity index (χ1) is 15.0. The molecule has 1 aliphatic rings. The molecule has 0 radical (unpaired) electrons. The van der Waals surface area contributed by atoms with Gasteiger partial charge >= 0.3 is 0 Å². The molecule has 2 atom stereocenters. The van der Waals surface area contributed by atoms with E-state index in [-0.39, 0.29) is 38.2 Å². The molecule has 1 amide bonds. The third-order valence-electron chi connectivity index (χ3n) is 5.44. The van der Waals surface area contributed by atoms with Crippen LogP contribution >= 0.6 is 13.5 Å². The number of hydrogen-bond acceptors (Lipinski definition) is 7. The standard InChI is InChI=1S/C23H26N4O4.H2S/c1-15(29-3)17-4-6-18(7-5-17)20-12-21-22(25-9-8-24-21)23(26-20)31-14-19-13-27(16(2)28)10-11-30-19;/h4-9,12,15,19H,10-11,13-14H2,1-3H3;1H2/t15?,19-;/m0./s1. The summed E-state index contributed by atoms with van der Waals surface area (Å²) in [6, 6.07) is 9.97. The smallest absolute Gasteiger partial charge is 0.242 e. The minimum Gasteiger partial charge on any atom is -0.473 e. The first-order valence-corrected chi connectivity index (χ1v) is 10.3. The van der Waals surface area contributed by atoms with Crippen LogP contribution < -0.4 is 4.74 Å². The van der Waals surface area contributed by atoms with Gasteiger partial charge in [-0.1, -0.05) is 24.3 Å². The topological polar surface area (TPSA) is 86.7 Å². The van der Waals surface area contributed by atoms with Gasteiger partial charge < -0.3 is 19.1 Å². The van der Waals surface area contributed by atoms with E-state index >= 15 is 0 Å². The lowest BCUT2D eigenvalue weighted by Gasteiger charge is -2.32. The molecule has 1 saturated heterocycles. The summed E-state index contributed by atoms with van der Waals surface area (Å²) in [6.07, 6.45) is 3.07. The molecule has 0 spiro atoms. The van der Waals surface area contributed by atoms with Gasteiger partial charge in [0, 0.05) is 38.5 Å². The van der Waals surface area contributed by atoms with Gasteiger partial charge in [0.2, 0.25) is 11.8 Å². The number of hydrogen-bond donors (Lipinski definition) is 0. The fraction of sp³-hybridized carbons (Fsp3) is 0.391. The van der Waals surface area contributed by atoms with Crippen LogP contribution in [-0.2, 0) is 14.3 Å². The Labute approximate surface area is 194 Å². The summed E-state index contributed by atoms with van der Waals surface area (Å²) < 4.78 is 17.2. The minimum atomic E-state index is -0.218. The van der Waals surface area contributed by atoms with Gasteiger partial charge in [0.05, 0.1) is 30.5 Å². The van der Waals surface area contributed by atoms with Gasteiger partial charge in [0.15, 0.2) is 5.52 Å². The number of nitrogens with zero attached hydrogens (tertiary/aromatic N) is 4. The van der Waals surface area contributed by atoms with Crippen molar-refractivity contribution in [2.24, 2.45) is 0 Å². The van der Waals surface area contributed by atoms with Crippen molar-refractivity contribution in [2.45, 2.75) is 26.1 Å². The summed E-state index contributed by atoms with van der Waals surface area (Å²) in [6.45, 7) is 5.44. The van der Waals surface area contributed by atoms with Crippen LogP contribution in [0.15, 0.2) is 42.7 Å². The van der Waals surface area contributed by atoms with Crippen LogP contribution in [0.4, 0.5) is 0 Å². The van der Waals surface area contributed by atoms with E-state index < -0.39 is 0 Å². The molecular formula is C23H28N4O4S. The van der Waals surface area contributed by atoms with Gasteiger partial charge in [-0.2, -0.15) is 13.5 Å². The van der Waals surface area contributed by atoms with Crippen molar-refractivity contribution in [2.75, 3.05) is 33.4 Å². The van der Waals surface area contributed by atoms with Crippen LogP contribution in [0.1, 0.15) is 25.5 Å². The summed E-state index contributed by atoms with van der Waals surface area (Å²) in [5, 5.41) is 0. The number of carbonyl (C=O) groups is 1. The molecule has 0 aliphatic carbocycles. The Morgan fingerprint density at radius 2 is 2.00 bits per heavy atom. The summed E-state index contributed by atoms with van der Waals surface area (Å²) in [7, 11) is 1.69. The minimum absolute atomic E-state index is 0. The number of fused-ring (bicyclic) bond motifs is 1. The van der Waals surface area contributed by atoms with E-state index in [9.17, 15) is 4.79 Å². The molecule has 0 bridgehead atoms. The largest absolute Gasteiger partial charge is 0.473 e. The predicted octanol–water partition coefficient (Wildman–Crippen LogP) is 3.14. The van der Waals surface area contributed by atoms with Crippen molar-refractivity contribution in [3.63, 3.8) is 0 Å². The normalized spacial score (nSPS) is 17.0. The molecule has 1 aromatic carbocycles. The molecule has 2 aromatic heterocycles. The second-order valence-electron chi connectivity index (χ2n) is 7.51. The lowest BCUT2D eigenvalue weighted by Crippen LogP contribution is -2.46. The fourth-order valence-corrected chi connectivity index (χ4v) is 3.53. The van der Waals surface area contributed by atoms with Gasteiger partial charge in [-0.05, 0) is 18.6 Å². The predicted molar refractivity (Wildman–Crippen MR) is 126 cm³/mol. The molecule has 32 heavy (non-hydrogen) atoms. The zero-order valence-electron chi connectivity index (χ0n) is 18.4. The monoisotopic (exact) mass is 456 g/mol. The van der Waals surface area contributed by atoms with Gasteiger partial charge in [-0.3, -0.25) is 9.78 Å². The number of amides is 1. The van der Waals surface area contributed by atoms with Crippen LogP contribution in [0, 0.1) is 0 Å². The lowest BCUT2D eigenvalue weighted by atomic mass is 10.1. The van der Waals surface area contributed by atoms with Crippen LogP contribution in [0.5, 0.6) is 5.88 Å². The van der Waals surface area contributed by atoms with Crippen LogP contribution in [0.2, 0.25) is 0 Å². The average Bonchev–Trinajstić information content (AvgIpc) is 2.82. The lowest BCUT2D eigenvalue weighted by molar-refractivity contribution is -0.137. The fourth-order valence-electron chi connectivity index (χ4n) is 3.53. The van der Waals surface area contributed by atoms with E-state index in [2.05, 4.69) is 9.97 Å². The summed E-state index contributed by atoms with van der Waals surface area (Å²) in [5.41, 5.74) is 4.07. The molecule has 0 saturated carbocycles. The SMILES string of the molecule is COC(C)c1ccc(-c2cc3nccnc3c(OC[C@@H]3CN(C(C)=O)CCO3)n2)cc1.S. The molecule has 3 aromatic rings. The second-order valence-corrected chi connectivity index (χ2v) is 7.51. The number of rotatable bonds is 6. The highest BCUT2D eigenvalue weighted by Gasteiger charge is 2.23. The molecular weight excluding hydrogens is 428 g/mol. The summed E-state index contributed by atoms with van der Waals surface area (Å²) >= 11 is 0. The Balaban J connectivity index is 0.00000289. The van der Waals surface area contributed by atoms with E-state index in [0.29, 0.717) is 36.6 Å². The number of morpholine rings is 1. The Morgan fingerprint density at radius 3 is 2.72 bits per heavy atom. The first kappa shape index (κ1) is 23.9. The van der Waals surface area contributed by atoms with E-state index in [1.165, 1.54) is 0 Å². The van der Waals surface area contributed by atoms with Crippen LogP contribution in [0.25, 0.3) is 22.3 Å². The Hall–Kier alpha value is -2.75. The molecule has 170 valence electrons. The van der Waals surface area contributed by atoms with Crippen molar-refractivity contribution >= 4 is 30.4 Å². The number of aromatic nitrogens is 3. The number of methoxy groups -OCH3 is 1. The van der Waals surface area contributed by atoms with Crippen molar-refractivity contribution in [3.8, 4) is 17.1 Å². The number of ether oxygens (including phenoxy) is 3. The third kappa shape index (κ3) is 5.35. The second kappa shape index (κ2) is 10.7. The molecule has 9 heteroatoms. The zero-order valence-corrected chi connectivity index (χ0v) is 19.4. The van der Waals surface area contributed by atoms with Gasteiger partial charge in [-0.15, -0.1) is 0 Å². The van der Waals surface area contributed by atoms with Gasteiger partial charge in [-0.25, -0.2) is 9.97 Å². The summed E-state index contributed by atoms with van der Waals surface area (Å²) in [5.74, 6) is 0.439. The van der Waals surface area contributed by atoms with E-state index in [1.54, 1.807) is 31.3 Å². The highest BCUT2D eigenvalue weighted by molar-refractivity contribution is 7.59. The number of pyridine rings is 1. The molecule has 3 heterocycles. The number of carbonyl (C=O) groups excluding carboxylic acids is 1. The Kier molecular flexibility index (Phi) is 8.00. The number of benzene rings is 1. The van der Waals surface area contributed by atoms with Crippen molar-refractivity contribution in [3.05, 3.63) is 48.3 Å². The van der Waals surface area contributed by atoms with Crippen molar-refractivity contribution in [1.82, 2.24) is 19.9 Å². The maximum atomic E-state index is 11.7. The first-order valence-electron chi connectivity index (χ1n) is 10.3. The maximum Gasteiger partial charge on any atom is 0.242 e. The third-order valence-corrected chi connectivity index (χ3v) is 5.44. The van der Waals surface area contributed by atoms with Crippen LogP contribution in [0.3, 0.4) is 0 Å². The molecule has 1 aliphatic heterocycles. The van der Waals surface area contributed by atoms with Gasteiger partial charge in [0.1, 0.15) is 12.7 Å². The quantitative estimate of drug-likeness (QED) is 0.563. The zero-order chi connectivity index (χ0) is 21.8. The Bertz CT molecular complexity index is 1060. The molecule has 0 N–H and O–H groups in total. The van der Waals surface area contributed by atoms with Crippen LogP contribution in [-0.4, -0.2) is 65.3 Å².